The van der Waals surface area contributed by atoms with Crippen LogP contribution in [0.1, 0.15) is 31.2 Å². The van der Waals surface area contributed by atoms with E-state index in [0.717, 1.165) is 25.0 Å². The maximum atomic E-state index is 6.16. The Morgan fingerprint density at radius 3 is 2.69 bits per heavy atom. The largest absolute Gasteiger partial charge is 0.380 e. The van der Waals surface area contributed by atoms with Gasteiger partial charge in [-0.3, -0.25) is 4.68 Å². The SMILES string of the molecule is CCCC(OC)C(N)Cc1cc(C)nn1C. The Kier molecular flexibility index (Phi) is 4.96. The van der Waals surface area contributed by atoms with E-state index in [1.54, 1.807) is 7.11 Å². The highest BCUT2D eigenvalue weighted by Gasteiger charge is 2.18. The van der Waals surface area contributed by atoms with Crippen molar-refractivity contribution < 1.29 is 4.74 Å². The third-order valence-corrected chi connectivity index (χ3v) is 2.90. The summed E-state index contributed by atoms with van der Waals surface area (Å²) in [6.07, 6.45) is 3.06. The molecule has 2 atom stereocenters. The molecule has 0 aliphatic rings. The van der Waals surface area contributed by atoms with E-state index in [9.17, 15) is 0 Å². The molecule has 4 heteroatoms. The van der Waals surface area contributed by atoms with Crippen LogP contribution in [-0.4, -0.2) is 29.0 Å². The van der Waals surface area contributed by atoms with Gasteiger partial charge in [-0.2, -0.15) is 5.10 Å². The Balaban J connectivity index is 2.62. The molecule has 0 bridgehead atoms. The van der Waals surface area contributed by atoms with E-state index in [0.29, 0.717) is 0 Å². The van der Waals surface area contributed by atoms with Gasteiger partial charge in [-0.15, -0.1) is 0 Å². The first kappa shape index (κ1) is 13.2. The van der Waals surface area contributed by atoms with E-state index >= 15 is 0 Å². The molecular formula is C12H23N3O. The highest BCUT2D eigenvalue weighted by molar-refractivity contribution is 5.10. The van der Waals surface area contributed by atoms with Crippen molar-refractivity contribution in [1.82, 2.24) is 9.78 Å². The highest BCUT2D eigenvalue weighted by Crippen LogP contribution is 2.11. The van der Waals surface area contributed by atoms with Crippen LogP contribution in [0.2, 0.25) is 0 Å². The van der Waals surface area contributed by atoms with Crippen molar-refractivity contribution in [1.29, 1.82) is 0 Å². The van der Waals surface area contributed by atoms with Crippen LogP contribution in [0.4, 0.5) is 0 Å². The van der Waals surface area contributed by atoms with Crippen molar-refractivity contribution in [3.63, 3.8) is 0 Å². The van der Waals surface area contributed by atoms with Crippen molar-refractivity contribution in [2.45, 2.75) is 45.3 Å². The van der Waals surface area contributed by atoms with Crippen molar-refractivity contribution in [2.75, 3.05) is 7.11 Å². The number of ether oxygens (including phenoxy) is 1. The molecule has 0 spiro atoms. The minimum atomic E-state index is 0.0414. The fraction of sp³-hybridized carbons (Fsp3) is 0.750. The molecule has 92 valence electrons. The molecular weight excluding hydrogens is 202 g/mol. The normalized spacial score (nSPS) is 15.1. The summed E-state index contributed by atoms with van der Waals surface area (Å²) in [5.74, 6) is 0. The van der Waals surface area contributed by atoms with Crippen LogP contribution in [0.15, 0.2) is 6.07 Å². The maximum Gasteiger partial charge on any atom is 0.0725 e. The minimum Gasteiger partial charge on any atom is -0.380 e. The quantitative estimate of drug-likeness (QED) is 0.796. The van der Waals surface area contributed by atoms with Crippen molar-refractivity contribution in [3.05, 3.63) is 17.5 Å². The van der Waals surface area contributed by atoms with Gasteiger partial charge in [-0.25, -0.2) is 0 Å². The van der Waals surface area contributed by atoms with Crippen molar-refractivity contribution in [3.8, 4) is 0 Å². The maximum absolute atomic E-state index is 6.16. The first-order valence-corrected chi connectivity index (χ1v) is 5.86. The van der Waals surface area contributed by atoms with E-state index < -0.39 is 0 Å². The van der Waals surface area contributed by atoms with Crippen molar-refractivity contribution >= 4 is 0 Å². The highest BCUT2D eigenvalue weighted by atomic mass is 16.5. The standard InChI is InChI=1S/C12H23N3O/c1-5-6-12(16-4)11(13)8-10-7-9(2)14-15(10)3/h7,11-12H,5-6,8,13H2,1-4H3. The smallest absolute Gasteiger partial charge is 0.0725 e. The molecule has 0 aromatic carbocycles. The van der Waals surface area contributed by atoms with Crippen LogP contribution in [-0.2, 0) is 18.2 Å². The topological polar surface area (TPSA) is 53.1 Å². The monoisotopic (exact) mass is 225 g/mol. The summed E-state index contributed by atoms with van der Waals surface area (Å²) in [6, 6.07) is 2.12. The van der Waals surface area contributed by atoms with Crippen LogP contribution in [0.25, 0.3) is 0 Å². The molecule has 0 radical (unpaired) electrons. The van der Waals surface area contributed by atoms with Gasteiger partial charge in [0.15, 0.2) is 0 Å². The van der Waals surface area contributed by atoms with Gasteiger partial charge in [0, 0.05) is 32.3 Å². The van der Waals surface area contributed by atoms with Gasteiger partial charge in [-0.05, 0) is 19.4 Å². The van der Waals surface area contributed by atoms with Crippen LogP contribution >= 0.6 is 0 Å². The molecule has 1 aromatic heterocycles. The Bertz CT molecular complexity index is 322. The summed E-state index contributed by atoms with van der Waals surface area (Å²) in [5, 5.41) is 4.32. The third-order valence-electron chi connectivity index (χ3n) is 2.90. The zero-order chi connectivity index (χ0) is 12.1. The van der Waals surface area contributed by atoms with E-state index in [1.165, 1.54) is 5.69 Å². The van der Waals surface area contributed by atoms with Gasteiger partial charge in [-0.1, -0.05) is 13.3 Å². The average Bonchev–Trinajstić information content (AvgIpc) is 2.53. The lowest BCUT2D eigenvalue weighted by atomic mass is 10.0. The second-order valence-corrected chi connectivity index (χ2v) is 4.33. The molecule has 1 heterocycles. The van der Waals surface area contributed by atoms with Gasteiger partial charge in [0.25, 0.3) is 0 Å². The molecule has 0 saturated heterocycles. The average molecular weight is 225 g/mol. The number of hydrogen-bond acceptors (Lipinski definition) is 3. The fourth-order valence-electron chi connectivity index (χ4n) is 2.02. The van der Waals surface area contributed by atoms with Crippen molar-refractivity contribution in [2.24, 2.45) is 12.8 Å². The van der Waals surface area contributed by atoms with Crippen LogP contribution < -0.4 is 5.73 Å². The molecule has 1 rings (SSSR count). The molecule has 16 heavy (non-hydrogen) atoms. The Morgan fingerprint density at radius 1 is 1.56 bits per heavy atom. The van der Waals surface area contributed by atoms with Crippen LogP contribution in [0.5, 0.6) is 0 Å². The van der Waals surface area contributed by atoms with Gasteiger partial charge in [0.2, 0.25) is 0 Å². The predicted molar refractivity (Wildman–Crippen MR) is 65.3 cm³/mol. The van der Waals surface area contributed by atoms with Gasteiger partial charge >= 0.3 is 0 Å². The number of nitrogens with two attached hydrogens (primary N) is 1. The van der Waals surface area contributed by atoms with Gasteiger partial charge in [0.1, 0.15) is 0 Å². The lowest BCUT2D eigenvalue weighted by Gasteiger charge is -2.22. The van der Waals surface area contributed by atoms with Crippen LogP contribution in [0.3, 0.4) is 0 Å². The molecule has 0 amide bonds. The van der Waals surface area contributed by atoms with Gasteiger partial charge in [0.05, 0.1) is 11.8 Å². The summed E-state index contributed by atoms with van der Waals surface area (Å²) in [6.45, 7) is 4.14. The summed E-state index contributed by atoms with van der Waals surface area (Å²) < 4.78 is 7.31. The lowest BCUT2D eigenvalue weighted by molar-refractivity contribution is 0.0721. The van der Waals surface area contributed by atoms with Gasteiger partial charge < -0.3 is 10.5 Å². The number of hydrogen-bond donors (Lipinski definition) is 1. The Morgan fingerprint density at radius 2 is 2.25 bits per heavy atom. The number of aryl methyl sites for hydroxylation is 2. The summed E-state index contributed by atoms with van der Waals surface area (Å²) >= 11 is 0. The Hall–Kier alpha value is -0.870. The number of nitrogens with zero attached hydrogens (tertiary/aromatic N) is 2. The fourth-order valence-corrected chi connectivity index (χ4v) is 2.02. The molecule has 2 unspecified atom stereocenters. The zero-order valence-corrected chi connectivity index (χ0v) is 10.7. The van der Waals surface area contributed by atoms with E-state index in [2.05, 4.69) is 18.1 Å². The molecule has 2 N–H and O–H groups in total. The molecule has 1 aromatic rings. The molecule has 4 nitrogen and oxygen atoms in total. The molecule has 0 aliphatic carbocycles. The lowest BCUT2D eigenvalue weighted by Crippen LogP contribution is -2.38. The summed E-state index contributed by atoms with van der Waals surface area (Å²) in [7, 11) is 3.69. The zero-order valence-electron chi connectivity index (χ0n) is 10.7. The van der Waals surface area contributed by atoms with E-state index in [1.807, 2.05) is 18.7 Å². The summed E-state index contributed by atoms with van der Waals surface area (Å²) in [5.41, 5.74) is 8.36. The second-order valence-electron chi connectivity index (χ2n) is 4.33. The first-order valence-electron chi connectivity index (χ1n) is 5.86. The number of aromatic nitrogens is 2. The minimum absolute atomic E-state index is 0.0414. The van der Waals surface area contributed by atoms with E-state index in [-0.39, 0.29) is 12.1 Å². The molecule has 0 aliphatic heterocycles. The molecule has 0 saturated carbocycles. The van der Waals surface area contributed by atoms with Crippen LogP contribution in [0, 0.1) is 6.92 Å². The third kappa shape index (κ3) is 3.32. The second kappa shape index (κ2) is 6.01. The Labute approximate surface area is 97.8 Å². The predicted octanol–water partition coefficient (Wildman–Crippen LogP) is 1.41. The summed E-state index contributed by atoms with van der Waals surface area (Å²) in [4.78, 5) is 0. The molecule has 0 fully saturated rings. The number of rotatable bonds is 6. The van der Waals surface area contributed by atoms with E-state index in [4.69, 9.17) is 10.5 Å². The number of methoxy groups -OCH3 is 1. The first-order chi connectivity index (χ1) is 7.58.